The molecule has 0 atom stereocenters. The zero-order valence-electron chi connectivity index (χ0n) is 18.9. The summed E-state index contributed by atoms with van der Waals surface area (Å²) in [7, 11) is 0. The lowest BCUT2D eigenvalue weighted by molar-refractivity contribution is -0.136. The summed E-state index contributed by atoms with van der Waals surface area (Å²) in [5, 5.41) is 9.16. The van der Waals surface area contributed by atoms with Crippen molar-refractivity contribution < 1.29 is 19.4 Å². The van der Waals surface area contributed by atoms with E-state index in [0.717, 1.165) is 16.7 Å². The van der Waals surface area contributed by atoms with E-state index < -0.39 is 5.97 Å². The van der Waals surface area contributed by atoms with Crippen molar-refractivity contribution in [3.05, 3.63) is 120 Å². The van der Waals surface area contributed by atoms with Gasteiger partial charge in [0.2, 0.25) is 0 Å². The van der Waals surface area contributed by atoms with E-state index in [4.69, 9.17) is 21.6 Å². The predicted molar refractivity (Wildman–Crippen MR) is 137 cm³/mol. The van der Waals surface area contributed by atoms with Crippen molar-refractivity contribution in [2.75, 3.05) is 6.54 Å². The fourth-order valence-corrected chi connectivity index (χ4v) is 3.88. The Morgan fingerprint density at radius 2 is 1.46 bits per heavy atom. The highest BCUT2D eigenvalue weighted by molar-refractivity contribution is 6.24. The minimum absolute atomic E-state index is 0.0733. The van der Waals surface area contributed by atoms with Gasteiger partial charge in [0.05, 0.1) is 6.42 Å². The van der Waals surface area contributed by atoms with Crippen molar-refractivity contribution in [1.29, 1.82) is 0 Å². The van der Waals surface area contributed by atoms with Gasteiger partial charge in [0.1, 0.15) is 11.5 Å². The van der Waals surface area contributed by atoms with Crippen LogP contribution in [0.5, 0.6) is 11.5 Å². The number of rotatable bonds is 9. The maximum absolute atomic E-state index is 12.7. The molecule has 0 saturated heterocycles. The van der Waals surface area contributed by atoms with Gasteiger partial charge in [0.25, 0.3) is 5.91 Å². The quantitative estimate of drug-likeness (QED) is 0.271. The molecule has 4 aromatic carbocycles. The first kappa shape index (κ1) is 24.0. The number of hydrogen-bond donors (Lipinski definition) is 1. The van der Waals surface area contributed by atoms with Crippen LogP contribution in [0.1, 0.15) is 21.5 Å². The molecule has 0 aliphatic rings. The molecule has 0 heterocycles. The maximum Gasteiger partial charge on any atom is 0.307 e. The first-order valence-electron chi connectivity index (χ1n) is 11.2. The van der Waals surface area contributed by atoms with Crippen LogP contribution in [-0.2, 0) is 17.6 Å². The summed E-state index contributed by atoms with van der Waals surface area (Å²) in [5.74, 6) is -0.0337. The summed E-state index contributed by atoms with van der Waals surface area (Å²) in [5.41, 5.74) is 3.95. The Kier molecular flexibility index (Phi) is 7.81. The summed E-state index contributed by atoms with van der Waals surface area (Å²) in [4.78, 5) is 23.9. The average Bonchev–Trinajstić information content (AvgIpc) is 2.89. The van der Waals surface area contributed by atoms with Crippen LogP contribution < -0.4 is 4.74 Å². The number of benzene rings is 4. The molecule has 0 aliphatic heterocycles. The van der Waals surface area contributed by atoms with Crippen molar-refractivity contribution >= 4 is 23.7 Å². The van der Waals surface area contributed by atoms with Crippen molar-refractivity contribution in [3.63, 3.8) is 0 Å². The number of carbonyl (C=O) groups excluding carboxylic acids is 1. The topological polar surface area (TPSA) is 66.8 Å². The van der Waals surface area contributed by atoms with Gasteiger partial charge in [0.15, 0.2) is 0 Å². The number of carboxylic acid groups (broad SMARTS) is 1. The minimum atomic E-state index is -0.893. The van der Waals surface area contributed by atoms with Crippen LogP contribution in [-0.4, -0.2) is 27.9 Å². The molecule has 176 valence electrons. The van der Waals surface area contributed by atoms with E-state index in [1.807, 2.05) is 66.7 Å². The van der Waals surface area contributed by atoms with E-state index in [9.17, 15) is 9.59 Å². The summed E-state index contributed by atoms with van der Waals surface area (Å²) in [6.45, 7) is 0.395. The van der Waals surface area contributed by atoms with Gasteiger partial charge in [-0.1, -0.05) is 66.7 Å². The third-order valence-electron chi connectivity index (χ3n) is 5.47. The monoisotopic (exact) mass is 485 g/mol. The largest absolute Gasteiger partial charge is 0.481 e. The highest BCUT2D eigenvalue weighted by Gasteiger charge is 2.15. The Labute approximate surface area is 209 Å². The van der Waals surface area contributed by atoms with Crippen LogP contribution in [0.25, 0.3) is 11.1 Å². The maximum atomic E-state index is 12.7. The Bertz CT molecular complexity index is 1290. The molecule has 0 spiro atoms. The minimum Gasteiger partial charge on any atom is -0.481 e. The standard InChI is InChI=1S/C29H24ClNO4/c30-31(18-17-21-7-3-1-4-8-21)29(34)24-12-14-25(15-13-24)35-27-16-11-22(20-28(32)33)19-26(27)23-9-5-2-6-10-23/h1-16,19H,17-18,20H2,(H,32,33). The van der Waals surface area contributed by atoms with Gasteiger partial charge in [-0.3, -0.25) is 14.0 Å². The van der Waals surface area contributed by atoms with Crippen molar-refractivity contribution in [2.45, 2.75) is 12.8 Å². The molecule has 6 heteroatoms. The number of halogens is 1. The Balaban J connectivity index is 1.48. The van der Waals surface area contributed by atoms with Crippen LogP contribution in [0.3, 0.4) is 0 Å². The molecule has 0 fully saturated rings. The molecule has 0 bridgehead atoms. The van der Waals surface area contributed by atoms with Gasteiger partial charge in [-0.2, -0.15) is 0 Å². The summed E-state index contributed by atoms with van der Waals surface area (Å²) < 4.78 is 7.31. The Morgan fingerprint density at radius 1 is 0.800 bits per heavy atom. The molecule has 5 nitrogen and oxygen atoms in total. The lowest BCUT2D eigenvalue weighted by Crippen LogP contribution is -2.23. The lowest BCUT2D eigenvalue weighted by Gasteiger charge is -2.15. The number of aliphatic carboxylic acids is 1. The first-order chi connectivity index (χ1) is 17.0. The van der Waals surface area contributed by atoms with Crippen molar-refractivity contribution in [2.24, 2.45) is 0 Å². The normalized spacial score (nSPS) is 10.5. The fraction of sp³-hybridized carbons (Fsp3) is 0.103. The van der Waals surface area contributed by atoms with Crippen LogP contribution in [0.2, 0.25) is 0 Å². The number of ether oxygens (including phenoxy) is 1. The lowest BCUT2D eigenvalue weighted by atomic mass is 10.0. The van der Waals surface area contributed by atoms with E-state index in [2.05, 4.69) is 0 Å². The summed E-state index contributed by atoms with van der Waals surface area (Å²) >= 11 is 6.24. The second-order valence-corrected chi connectivity index (χ2v) is 8.43. The molecule has 0 aliphatic carbocycles. The average molecular weight is 486 g/mol. The molecular formula is C29H24ClNO4. The van der Waals surface area contributed by atoms with Gasteiger partial charge in [-0.15, -0.1) is 0 Å². The molecule has 35 heavy (non-hydrogen) atoms. The highest BCUT2D eigenvalue weighted by atomic mass is 35.5. The molecule has 1 N–H and O–H groups in total. The van der Waals surface area contributed by atoms with E-state index >= 15 is 0 Å². The third-order valence-corrected chi connectivity index (χ3v) is 5.80. The molecule has 0 saturated carbocycles. The molecule has 0 unspecified atom stereocenters. The van der Waals surface area contributed by atoms with E-state index in [-0.39, 0.29) is 12.3 Å². The zero-order valence-corrected chi connectivity index (χ0v) is 19.7. The summed E-state index contributed by atoms with van der Waals surface area (Å²) in [6, 6.07) is 31.6. The SMILES string of the molecule is O=C(O)Cc1ccc(Oc2ccc(C(=O)N(Cl)CCc3ccccc3)cc2)c(-c2ccccc2)c1. The number of nitrogens with zero attached hydrogens (tertiary/aromatic N) is 1. The Hall–Kier alpha value is -4.09. The van der Waals surface area contributed by atoms with Crippen molar-refractivity contribution in [3.8, 4) is 22.6 Å². The molecular weight excluding hydrogens is 462 g/mol. The van der Waals surface area contributed by atoms with Crippen LogP contribution in [0.15, 0.2) is 103 Å². The zero-order chi connectivity index (χ0) is 24.6. The van der Waals surface area contributed by atoms with Crippen LogP contribution in [0, 0.1) is 0 Å². The van der Waals surface area contributed by atoms with E-state index in [0.29, 0.717) is 35.6 Å². The van der Waals surface area contributed by atoms with Crippen LogP contribution in [0.4, 0.5) is 0 Å². The van der Waals surface area contributed by atoms with Gasteiger partial charge in [-0.25, -0.2) is 0 Å². The van der Waals surface area contributed by atoms with Gasteiger partial charge >= 0.3 is 5.97 Å². The third kappa shape index (κ3) is 6.49. The van der Waals surface area contributed by atoms with Crippen LogP contribution >= 0.6 is 11.8 Å². The Morgan fingerprint density at radius 3 is 2.11 bits per heavy atom. The van der Waals surface area contributed by atoms with Gasteiger partial charge in [0, 0.05) is 29.4 Å². The number of carboxylic acids is 1. The number of carbonyl (C=O) groups is 2. The second-order valence-electron chi connectivity index (χ2n) is 8.02. The van der Waals surface area contributed by atoms with E-state index in [1.54, 1.807) is 36.4 Å². The second kappa shape index (κ2) is 11.4. The van der Waals surface area contributed by atoms with Crippen molar-refractivity contribution in [1.82, 2.24) is 4.42 Å². The number of hydrogen-bond acceptors (Lipinski definition) is 3. The summed E-state index contributed by atoms with van der Waals surface area (Å²) in [6.07, 6.45) is 0.591. The molecule has 0 radical (unpaired) electrons. The van der Waals surface area contributed by atoms with Gasteiger partial charge in [-0.05, 0) is 59.5 Å². The number of amides is 1. The van der Waals surface area contributed by atoms with E-state index in [1.165, 1.54) is 4.42 Å². The molecule has 1 amide bonds. The smallest absolute Gasteiger partial charge is 0.307 e. The molecule has 4 aromatic rings. The van der Waals surface area contributed by atoms with Gasteiger partial charge < -0.3 is 9.84 Å². The first-order valence-corrected chi connectivity index (χ1v) is 11.5. The highest BCUT2D eigenvalue weighted by Crippen LogP contribution is 2.34. The predicted octanol–water partition coefficient (Wildman–Crippen LogP) is 6.61. The fourth-order valence-electron chi connectivity index (χ4n) is 3.70. The molecule has 0 aromatic heterocycles. The molecule has 4 rings (SSSR count).